The van der Waals surface area contributed by atoms with Crippen molar-refractivity contribution in [1.82, 2.24) is 5.32 Å². The highest BCUT2D eigenvalue weighted by atomic mass is 16.2. The van der Waals surface area contributed by atoms with E-state index in [2.05, 4.69) is 30.1 Å². The van der Waals surface area contributed by atoms with E-state index in [0.29, 0.717) is 19.0 Å². The van der Waals surface area contributed by atoms with E-state index in [0.717, 1.165) is 12.2 Å². The van der Waals surface area contributed by atoms with Crippen molar-refractivity contribution < 1.29 is 9.59 Å². The van der Waals surface area contributed by atoms with Crippen LogP contribution in [0.3, 0.4) is 0 Å². The number of nitrogens with zero attached hydrogens (tertiary/aromatic N) is 2. The second-order valence-corrected chi connectivity index (χ2v) is 5.56. The smallest absolute Gasteiger partial charge is 0.328 e. The number of benzene rings is 1. The quantitative estimate of drug-likeness (QED) is 0.897. The lowest BCUT2D eigenvalue weighted by Gasteiger charge is -2.42. The number of hydrogen-bond acceptors (Lipinski definition) is 3. The van der Waals surface area contributed by atoms with Gasteiger partial charge < -0.3 is 4.90 Å². The van der Waals surface area contributed by atoms with Crippen molar-refractivity contribution in [2.24, 2.45) is 0 Å². The summed E-state index contributed by atoms with van der Waals surface area (Å²) >= 11 is 0. The molecule has 1 atom stereocenters. The number of rotatable bonds is 2. The van der Waals surface area contributed by atoms with Gasteiger partial charge >= 0.3 is 6.03 Å². The minimum atomic E-state index is -0.328. The number of imide groups is 1. The van der Waals surface area contributed by atoms with Crippen LogP contribution in [0, 0.1) is 6.92 Å². The molecular formula is C15H19N3O2. The lowest BCUT2D eigenvalue weighted by molar-refractivity contribution is -0.120. The highest BCUT2D eigenvalue weighted by Crippen LogP contribution is 2.32. The minimum absolute atomic E-state index is 0.200. The molecule has 0 aliphatic carbocycles. The summed E-state index contributed by atoms with van der Waals surface area (Å²) in [6.07, 6.45) is 1.59. The SMILES string of the molecule is Cc1cc(N2CCC(=O)NC2=O)ccc1N1CCC1C. The molecule has 0 spiro atoms. The van der Waals surface area contributed by atoms with Gasteiger partial charge in [-0.25, -0.2) is 4.79 Å². The number of carbonyl (C=O) groups is 2. The first-order valence-corrected chi connectivity index (χ1v) is 7.05. The molecule has 0 radical (unpaired) electrons. The number of anilines is 2. The first-order valence-electron chi connectivity index (χ1n) is 7.05. The molecule has 3 amide bonds. The van der Waals surface area contributed by atoms with Gasteiger partial charge in [0.05, 0.1) is 0 Å². The number of amides is 3. The van der Waals surface area contributed by atoms with E-state index in [1.165, 1.54) is 17.7 Å². The average molecular weight is 273 g/mol. The predicted octanol–water partition coefficient (Wildman–Crippen LogP) is 2.04. The molecule has 20 heavy (non-hydrogen) atoms. The van der Waals surface area contributed by atoms with E-state index < -0.39 is 0 Å². The fourth-order valence-electron chi connectivity index (χ4n) is 2.81. The second-order valence-electron chi connectivity index (χ2n) is 5.56. The van der Waals surface area contributed by atoms with Crippen LogP contribution in [0.15, 0.2) is 18.2 Å². The van der Waals surface area contributed by atoms with Gasteiger partial charge in [0.1, 0.15) is 0 Å². The fourth-order valence-corrected chi connectivity index (χ4v) is 2.81. The van der Waals surface area contributed by atoms with Crippen LogP contribution in [-0.4, -0.2) is 31.1 Å². The summed E-state index contributed by atoms with van der Waals surface area (Å²) in [5, 5.41) is 2.35. The Labute approximate surface area is 118 Å². The van der Waals surface area contributed by atoms with E-state index in [1.807, 2.05) is 12.1 Å². The molecule has 2 aliphatic heterocycles. The van der Waals surface area contributed by atoms with Crippen molar-refractivity contribution in [2.45, 2.75) is 32.7 Å². The van der Waals surface area contributed by atoms with Crippen LogP contribution >= 0.6 is 0 Å². The molecule has 3 rings (SSSR count). The zero-order valence-corrected chi connectivity index (χ0v) is 11.8. The number of urea groups is 1. The van der Waals surface area contributed by atoms with Crippen molar-refractivity contribution in [2.75, 3.05) is 22.9 Å². The molecule has 1 unspecified atom stereocenters. The van der Waals surface area contributed by atoms with E-state index in [1.54, 1.807) is 4.90 Å². The molecule has 0 bridgehead atoms. The Morgan fingerprint density at radius 2 is 2.05 bits per heavy atom. The number of aryl methyl sites for hydroxylation is 1. The Balaban J connectivity index is 1.83. The largest absolute Gasteiger partial charge is 0.368 e. The topological polar surface area (TPSA) is 52.7 Å². The van der Waals surface area contributed by atoms with Crippen LogP contribution in [0.25, 0.3) is 0 Å². The summed E-state index contributed by atoms with van der Waals surface area (Å²) in [5.74, 6) is -0.200. The van der Waals surface area contributed by atoms with E-state index in [9.17, 15) is 9.59 Å². The van der Waals surface area contributed by atoms with Gasteiger partial charge in [0.15, 0.2) is 0 Å². The Morgan fingerprint density at radius 1 is 1.25 bits per heavy atom. The van der Waals surface area contributed by atoms with E-state index in [-0.39, 0.29) is 11.9 Å². The average Bonchev–Trinajstić information content (AvgIpc) is 2.39. The molecule has 5 nitrogen and oxygen atoms in total. The van der Waals surface area contributed by atoms with Crippen LogP contribution in [0.1, 0.15) is 25.3 Å². The van der Waals surface area contributed by atoms with Crippen molar-refractivity contribution in [3.05, 3.63) is 23.8 Å². The molecule has 0 saturated carbocycles. The summed E-state index contributed by atoms with van der Waals surface area (Å²) in [7, 11) is 0. The third kappa shape index (κ3) is 2.13. The van der Waals surface area contributed by atoms with E-state index in [4.69, 9.17) is 0 Å². The van der Waals surface area contributed by atoms with Crippen molar-refractivity contribution in [3.63, 3.8) is 0 Å². The van der Waals surface area contributed by atoms with E-state index >= 15 is 0 Å². The maximum absolute atomic E-state index is 11.8. The molecule has 1 aromatic rings. The first kappa shape index (κ1) is 13.0. The highest BCUT2D eigenvalue weighted by molar-refractivity contribution is 6.05. The van der Waals surface area contributed by atoms with Gasteiger partial charge in [0.2, 0.25) is 5.91 Å². The highest BCUT2D eigenvalue weighted by Gasteiger charge is 2.27. The summed E-state index contributed by atoms with van der Waals surface area (Å²) in [6.45, 7) is 5.83. The lowest BCUT2D eigenvalue weighted by Crippen LogP contribution is -2.49. The summed E-state index contributed by atoms with van der Waals surface area (Å²) in [4.78, 5) is 27.0. The van der Waals surface area contributed by atoms with Gasteiger partial charge in [-0.15, -0.1) is 0 Å². The van der Waals surface area contributed by atoms with Gasteiger partial charge in [-0.1, -0.05) is 0 Å². The second kappa shape index (κ2) is 4.81. The molecule has 5 heteroatoms. The lowest BCUT2D eigenvalue weighted by atomic mass is 10.0. The summed E-state index contributed by atoms with van der Waals surface area (Å²) in [6, 6.07) is 6.32. The molecule has 1 aromatic carbocycles. The van der Waals surface area contributed by atoms with Gasteiger partial charge in [-0.2, -0.15) is 0 Å². The number of hydrogen-bond donors (Lipinski definition) is 1. The Hall–Kier alpha value is -2.04. The third-order valence-electron chi connectivity index (χ3n) is 4.18. The minimum Gasteiger partial charge on any atom is -0.368 e. The van der Waals surface area contributed by atoms with Crippen LogP contribution in [0.5, 0.6) is 0 Å². The molecule has 2 heterocycles. The monoisotopic (exact) mass is 273 g/mol. The molecule has 1 N–H and O–H groups in total. The summed E-state index contributed by atoms with van der Waals surface area (Å²) in [5.41, 5.74) is 3.25. The number of nitrogens with one attached hydrogen (secondary N) is 1. The Bertz CT molecular complexity index is 570. The van der Waals surface area contributed by atoms with Gasteiger partial charge in [0.25, 0.3) is 0 Å². The Kier molecular flexibility index (Phi) is 3.12. The maximum Gasteiger partial charge on any atom is 0.328 e. The summed E-state index contributed by atoms with van der Waals surface area (Å²) < 4.78 is 0. The molecular weight excluding hydrogens is 254 g/mol. The molecule has 0 aromatic heterocycles. The van der Waals surface area contributed by atoms with Crippen LogP contribution in [0.4, 0.5) is 16.2 Å². The number of carbonyl (C=O) groups excluding carboxylic acids is 2. The zero-order chi connectivity index (χ0) is 14.3. The zero-order valence-electron chi connectivity index (χ0n) is 11.8. The van der Waals surface area contributed by atoms with Crippen molar-refractivity contribution >= 4 is 23.3 Å². The predicted molar refractivity (Wildman–Crippen MR) is 78.1 cm³/mol. The van der Waals surface area contributed by atoms with Crippen LogP contribution in [-0.2, 0) is 4.79 Å². The molecule has 106 valence electrons. The van der Waals surface area contributed by atoms with Gasteiger partial charge in [0, 0.05) is 36.9 Å². The maximum atomic E-state index is 11.8. The molecule has 2 fully saturated rings. The standard InChI is InChI=1S/C15H19N3O2/c1-10-9-12(18-8-6-14(19)16-15(18)20)3-4-13(10)17-7-5-11(17)2/h3-4,9,11H,5-8H2,1-2H3,(H,16,19,20). The Morgan fingerprint density at radius 3 is 2.60 bits per heavy atom. The van der Waals surface area contributed by atoms with Crippen LogP contribution < -0.4 is 15.1 Å². The third-order valence-corrected chi connectivity index (χ3v) is 4.18. The van der Waals surface area contributed by atoms with Crippen molar-refractivity contribution in [1.29, 1.82) is 0 Å². The van der Waals surface area contributed by atoms with Crippen LogP contribution in [0.2, 0.25) is 0 Å². The normalized spacial score (nSPS) is 22.6. The van der Waals surface area contributed by atoms with Gasteiger partial charge in [-0.05, 0) is 44.0 Å². The molecule has 2 saturated heterocycles. The molecule has 2 aliphatic rings. The van der Waals surface area contributed by atoms with Gasteiger partial charge in [-0.3, -0.25) is 15.0 Å². The fraction of sp³-hybridized carbons (Fsp3) is 0.467. The first-order chi connectivity index (χ1) is 9.56. The van der Waals surface area contributed by atoms with Crippen molar-refractivity contribution in [3.8, 4) is 0 Å².